The molecule has 104 valence electrons. The highest BCUT2D eigenvalue weighted by atomic mass is 127. The molecule has 1 aliphatic rings. The lowest BCUT2D eigenvalue weighted by Gasteiger charge is -2.25. The van der Waals surface area contributed by atoms with Gasteiger partial charge in [0.25, 0.3) is 5.91 Å². The maximum atomic E-state index is 12.6. The van der Waals surface area contributed by atoms with Crippen molar-refractivity contribution in [3.63, 3.8) is 0 Å². The van der Waals surface area contributed by atoms with Crippen LogP contribution in [-0.2, 0) is 0 Å². The third-order valence-electron chi connectivity index (χ3n) is 3.49. The quantitative estimate of drug-likeness (QED) is 0.797. The molecule has 1 aromatic rings. The fourth-order valence-corrected chi connectivity index (χ4v) is 3.28. The van der Waals surface area contributed by atoms with Gasteiger partial charge in [-0.1, -0.05) is 11.6 Å². The summed E-state index contributed by atoms with van der Waals surface area (Å²) in [7, 11) is 0. The molecule has 1 saturated heterocycles. The number of benzene rings is 1. The molecular formula is C14H17ClINO2. The minimum absolute atomic E-state index is 0.0624. The Morgan fingerprint density at radius 3 is 3.05 bits per heavy atom. The van der Waals surface area contributed by atoms with Gasteiger partial charge < -0.3 is 10.0 Å². The van der Waals surface area contributed by atoms with Crippen molar-refractivity contribution in [1.29, 1.82) is 0 Å². The van der Waals surface area contributed by atoms with Gasteiger partial charge in [-0.25, -0.2) is 0 Å². The van der Waals surface area contributed by atoms with Crippen molar-refractivity contribution in [2.45, 2.75) is 31.7 Å². The number of carbonyl (C=O) groups excluding carboxylic acids is 1. The number of carbonyl (C=O) groups is 1. The Labute approximate surface area is 132 Å². The highest BCUT2D eigenvalue weighted by Crippen LogP contribution is 2.26. The van der Waals surface area contributed by atoms with Crippen LogP contribution >= 0.6 is 34.2 Å². The van der Waals surface area contributed by atoms with Crippen LogP contribution in [0.15, 0.2) is 18.2 Å². The molecule has 0 radical (unpaired) electrons. The lowest BCUT2D eigenvalue weighted by atomic mass is 10.1. The molecule has 5 heteroatoms. The molecule has 19 heavy (non-hydrogen) atoms. The summed E-state index contributed by atoms with van der Waals surface area (Å²) >= 11 is 8.15. The van der Waals surface area contributed by atoms with E-state index in [2.05, 4.69) is 22.6 Å². The molecule has 1 aromatic carbocycles. The van der Waals surface area contributed by atoms with Crippen LogP contribution in [0.5, 0.6) is 0 Å². The third-order valence-corrected chi connectivity index (χ3v) is 4.67. The second kappa shape index (κ2) is 6.90. The number of hydrogen-bond acceptors (Lipinski definition) is 2. The molecule has 1 unspecified atom stereocenters. The number of likely N-dealkylation sites (tertiary alicyclic amines) is 1. The summed E-state index contributed by atoms with van der Waals surface area (Å²) in [6, 6.07) is 5.67. The van der Waals surface area contributed by atoms with E-state index in [0.717, 1.165) is 35.8 Å². The van der Waals surface area contributed by atoms with Gasteiger partial charge in [0.1, 0.15) is 0 Å². The van der Waals surface area contributed by atoms with Crippen LogP contribution in [0.2, 0.25) is 5.02 Å². The van der Waals surface area contributed by atoms with Crippen LogP contribution in [0, 0.1) is 3.57 Å². The lowest BCUT2D eigenvalue weighted by Crippen LogP contribution is -2.36. The van der Waals surface area contributed by atoms with Crippen LogP contribution in [0.25, 0.3) is 0 Å². The van der Waals surface area contributed by atoms with Gasteiger partial charge in [0.05, 0.1) is 5.56 Å². The number of aliphatic hydroxyl groups is 1. The summed E-state index contributed by atoms with van der Waals surface area (Å²) in [5.41, 5.74) is 0.684. The van der Waals surface area contributed by atoms with Crippen LogP contribution in [0.1, 0.15) is 36.0 Å². The van der Waals surface area contributed by atoms with E-state index >= 15 is 0 Å². The van der Waals surface area contributed by atoms with Crippen molar-refractivity contribution in [2.75, 3.05) is 13.2 Å². The second-order valence-corrected chi connectivity index (χ2v) is 6.38. The van der Waals surface area contributed by atoms with Gasteiger partial charge in [-0.2, -0.15) is 0 Å². The van der Waals surface area contributed by atoms with E-state index in [1.807, 2.05) is 11.0 Å². The first-order valence-corrected chi connectivity index (χ1v) is 7.96. The van der Waals surface area contributed by atoms with Crippen molar-refractivity contribution >= 4 is 40.1 Å². The normalized spacial score (nSPS) is 18.9. The Balaban J connectivity index is 2.16. The topological polar surface area (TPSA) is 40.5 Å². The van der Waals surface area contributed by atoms with E-state index in [9.17, 15) is 4.79 Å². The van der Waals surface area contributed by atoms with Gasteiger partial charge in [0, 0.05) is 27.8 Å². The van der Waals surface area contributed by atoms with Crippen molar-refractivity contribution in [3.05, 3.63) is 32.4 Å². The standard InChI is InChI=1S/C14H17ClINO2/c15-10-5-6-13(16)12(9-10)14(19)17-7-1-3-11(17)4-2-8-18/h5-6,9,11,18H,1-4,7-8H2. The van der Waals surface area contributed by atoms with Gasteiger partial charge in [-0.15, -0.1) is 0 Å². The largest absolute Gasteiger partial charge is 0.396 e. The molecule has 1 amide bonds. The smallest absolute Gasteiger partial charge is 0.255 e. The van der Waals surface area contributed by atoms with Crippen LogP contribution in [-0.4, -0.2) is 35.1 Å². The number of halogens is 2. The van der Waals surface area contributed by atoms with Gasteiger partial charge in [-0.3, -0.25) is 4.79 Å². The molecule has 0 aromatic heterocycles. The molecule has 1 fully saturated rings. The van der Waals surface area contributed by atoms with Crippen molar-refractivity contribution in [1.82, 2.24) is 4.90 Å². The average molecular weight is 394 g/mol. The van der Waals surface area contributed by atoms with Crippen molar-refractivity contribution < 1.29 is 9.90 Å². The molecule has 2 rings (SSSR count). The minimum atomic E-state index is 0.0624. The summed E-state index contributed by atoms with van der Waals surface area (Å²) in [5, 5.41) is 9.52. The molecule has 1 atom stereocenters. The molecule has 0 saturated carbocycles. The summed E-state index contributed by atoms with van der Waals surface area (Å²) < 4.78 is 0.930. The summed E-state index contributed by atoms with van der Waals surface area (Å²) in [6.07, 6.45) is 3.70. The Morgan fingerprint density at radius 1 is 1.53 bits per heavy atom. The summed E-state index contributed by atoms with van der Waals surface area (Å²) in [5.74, 6) is 0.0624. The number of nitrogens with zero attached hydrogens (tertiary/aromatic N) is 1. The number of aliphatic hydroxyl groups excluding tert-OH is 1. The monoisotopic (exact) mass is 393 g/mol. The van der Waals surface area contributed by atoms with Crippen LogP contribution in [0.3, 0.4) is 0 Å². The Kier molecular flexibility index (Phi) is 5.47. The van der Waals surface area contributed by atoms with Crippen molar-refractivity contribution in [3.8, 4) is 0 Å². The zero-order valence-corrected chi connectivity index (χ0v) is 13.5. The Bertz CT molecular complexity index is 467. The van der Waals surface area contributed by atoms with Crippen LogP contribution in [0.4, 0.5) is 0 Å². The maximum Gasteiger partial charge on any atom is 0.255 e. The average Bonchev–Trinajstić information content (AvgIpc) is 2.86. The van der Waals surface area contributed by atoms with E-state index in [1.165, 1.54) is 0 Å². The number of hydrogen-bond donors (Lipinski definition) is 1. The van der Waals surface area contributed by atoms with E-state index < -0.39 is 0 Å². The van der Waals surface area contributed by atoms with E-state index in [0.29, 0.717) is 10.6 Å². The Morgan fingerprint density at radius 2 is 2.32 bits per heavy atom. The van der Waals surface area contributed by atoms with Crippen LogP contribution < -0.4 is 0 Å². The van der Waals surface area contributed by atoms with E-state index in [1.54, 1.807) is 12.1 Å². The predicted octanol–water partition coefficient (Wildman–Crippen LogP) is 3.32. The molecule has 0 spiro atoms. The first kappa shape index (κ1) is 15.1. The summed E-state index contributed by atoms with van der Waals surface area (Å²) in [4.78, 5) is 14.5. The highest BCUT2D eigenvalue weighted by molar-refractivity contribution is 14.1. The molecule has 0 bridgehead atoms. The maximum absolute atomic E-state index is 12.6. The third kappa shape index (κ3) is 3.61. The van der Waals surface area contributed by atoms with Gasteiger partial charge >= 0.3 is 0 Å². The highest BCUT2D eigenvalue weighted by Gasteiger charge is 2.29. The Hall–Kier alpha value is -0.330. The zero-order valence-electron chi connectivity index (χ0n) is 10.6. The molecular weight excluding hydrogens is 377 g/mol. The molecule has 0 aliphatic carbocycles. The number of rotatable bonds is 4. The van der Waals surface area contributed by atoms with Gasteiger partial charge in [0.15, 0.2) is 0 Å². The molecule has 1 aliphatic heterocycles. The molecule has 1 heterocycles. The first-order chi connectivity index (χ1) is 9.13. The fraction of sp³-hybridized carbons (Fsp3) is 0.500. The first-order valence-electron chi connectivity index (χ1n) is 6.50. The second-order valence-electron chi connectivity index (χ2n) is 4.78. The van der Waals surface area contributed by atoms with E-state index in [-0.39, 0.29) is 18.6 Å². The molecule has 1 N–H and O–H groups in total. The SMILES string of the molecule is O=C(c1cc(Cl)ccc1I)N1CCCC1CCCO. The van der Waals surface area contributed by atoms with Gasteiger partial charge in [-0.05, 0) is 66.5 Å². The molecule has 3 nitrogen and oxygen atoms in total. The van der Waals surface area contributed by atoms with Crippen molar-refractivity contribution in [2.24, 2.45) is 0 Å². The number of amides is 1. The van der Waals surface area contributed by atoms with Gasteiger partial charge in [0.2, 0.25) is 0 Å². The lowest BCUT2D eigenvalue weighted by molar-refractivity contribution is 0.0723. The zero-order chi connectivity index (χ0) is 13.8. The predicted molar refractivity (Wildman–Crippen MR) is 84.5 cm³/mol. The van der Waals surface area contributed by atoms with E-state index in [4.69, 9.17) is 16.7 Å². The fourth-order valence-electron chi connectivity index (χ4n) is 2.55. The minimum Gasteiger partial charge on any atom is -0.396 e. The summed E-state index contributed by atoms with van der Waals surface area (Å²) in [6.45, 7) is 0.991.